The van der Waals surface area contributed by atoms with Gasteiger partial charge in [0.1, 0.15) is 12.4 Å². The lowest BCUT2D eigenvalue weighted by Crippen LogP contribution is -2.22. The Kier molecular flexibility index (Phi) is 4.61. The van der Waals surface area contributed by atoms with Crippen molar-refractivity contribution >= 4 is 5.69 Å². The molecule has 1 rings (SSSR count). The van der Waals surface area contributed by atoms with Gasteiger partial charge in [0, 0.05) is 12.1 Å². The first kappa shape index (κ1) is 14.4. The van der Waals surface area contributed by atoms with Gasteiger partial charge in [-0.1, -0.05) is 0 Å². The lowest BCUT2D eigenvalue weighted by atomic mass is 10.2. The molecule has 100 valence electrons. The van der Waals surface area contributed by atoms with Crippen molar-refractivity contribution in [3.63, 3.8) is 0 Å². The van der Waals surface area contributed by atoms with Gasteiger partial charge in [0.25, 0.3) is 0 Å². The fourth-order valence-electron chi connectivity index (χ4n) is 1.25. The summed E-state index contributed by atoms with van der Waals surface area (Å²) in [5.74, 6) is -0.662. The molecule has 0 aromatic heterocycles. The van der Waals surface area contributed by atoms with Crippen LogP contribution < -0.4 is 4.74 Å². The topological polar surface area (TPSA) is 61.6 Å². The van der Waals surface area contributed by atoms with E-state index in [9.17, 15) is 14.5 Å². The van der Waals surface area contributed by atoms with Crippen LogP contribution in [0, 0.1) is 15.9 Å². The zero-order chi connectivity index (χ0) is 13.8. The van der Waals surface area contributed by atoms with Gasteiger partial charge in [-0.25, -0.2) is 4.39 Å². The summed E-state index contributed by atoms with van der Waals surface area (Å²) in [6, 6.07) is 3.10. The van der Waals surface area contributed by atoms with E-state index >= 15 is 0 Å². The molecular weight excluding hydrogens is 241 g/mol. The maximum atomic E-state index is 13.0. The predicted octanol–water partition coefficient (Wildman–Crippen LogP) is 2.93. The normalized spacial score (nSPS) is 11.3. The Morgan fingerprint density at radius 1 is 1.33 bits per heavy atom. The first-order valence-electron chi connectivity index (χ1n) is 5.50. The molecule has 0 bridgehead atoms. The third-order valence-electron chi connectivity index (χ3n) is 1.99. The SMILES string of the molecule is CC(C)(C)OCCOc1cc(F)ccc1[N+](=O)[O-]. The van der Waals surface area contributed by atoms with E-state index in [-0.39, 0.29) is 30.3 Å². The summed E-state index contributed by atoms with van der Waals surface area (Å²) in [4.78, 5) is 10.1. The molecule has 0 saturated heterocycles. The number of ether oxygens (including phenoxy) is 2. The number of nitrogens with zero attached hydrogens (tertiary/aromatic N) is 1. The van der Waals surface area contributed by atoms with Crippen LogP contribution in [0.4, 0.5) is 10.1 Å². The van der Waals surface area contributed by atoms with Crippen LogP contribution in [0.25, 0.3) is 0 Å². The largest absolute Gasteiger partial charge is 0.484 e. The molecule has 0 atom stereocenters. The molecule has 0 saturated carbocycles. The molecule has 0 heterocycles. The smallest absolute Gasteiger partial charge is 0.311 e. The molecule has 0 aliphatic rings. The third-order valence-corrected chi connectivity index (χ3v) is 1.99. The van der Waals surface area contributed by atoms with Crippen LogP contribution in [0.3, 0.4) is 0 Å². The molecule has 5 nitrogen and oxygen atoms in total. The van der Waals surface area contributed by atoms with E-state index in [0.717, 1.165) is 18.2 Å². The quantitative estimate of drug-likeness (QED) is 0.462. The molecule has 18 heavy (non-hydrogen) atoms. The number of benzene rings is 1. The summed E-state index contributed by atoms with van der Waals surface area (Å²) >= 11 is 0. The van der Waals surface area contributed by atoms with E-state index in [4.69, 9.17) is 9.47 Å². The minimum atomic E-state index is -0.612. The second-order valence-corrected chi connectivity index (χ2v) is 4.68. The van der Waals surface area contributed by atoms with Crippen LogP contribution in [-0.4, -0.2) is 23.7 Å². The second-order valence-electron chi connectivity index (χ2n) is 4.68. The summed E-state index contributed by atoms with van der Waals surface area (Å²) in [5, 5.41) is 10.7. The average molecular weight is 257 g/mol. The highest BCUT2D eigenvalue weighted by Gasteiger charge is 2.16. The fraction of sp³-hybridized carbons (Fsp3) is 0.500. The summed E-state index contributed by atoms with van der Waals surface area (Å²) < 4.78 is 23.5. The Labute approximate surface area is 105 Å². The van der Waals surface area contributed by atoms with Gasteiger partial charge < -0.3 is 9.47 Å². The maximum absolute atomic E-state index is 13.0. The summed E-state index contributed by atoms with van der Waals surface area (Å²) in [6.45, 7) is 6.06. The molecular formula is C12H16FNO4. The minimum Gasteiger partial charge on any atom is -0.484 e. The van der Waals surface area contributed by atoms with Gasteiger partial charge in [0.05, 0.1) is 17.1 Å². The summed E-state index contributed by atoms with van der Waals surface area (Å²) in [6.07, 6.45) is 0. The molecule has 1 aromatic rings. The van der Waals surface area contributed by atoms with Gasteiger partial charge in [0.2, 0.25) is 0 Å². The van der Waals surface area contributed by atoms with Crippen molar-refractivity contribution in [1.82, 2.24) is 0 Å². The molecule has 0 aliphatic heterocycles. The molecule has 0 spiro atoms. The number of hydrogen-bond acceptors (Lipinski definition) is 4. The van der Waals surface area contributed by atoms with Crippen molar-refractivity contribution in [2.24, 2.45) is 0 Å². The Balaban J connectivity index is 2.61. The minimum absolute atomic E-state index is 0.0856. The van der Waals surface area contributed by atoms with E-state index in [2.05, 4.69) is 0 Å². The van der Waals surface area contributed by atoms with Crippen molar-refractivity contribution < 1.29 is 18.8 Å². The molecule has 1 aromatic carbocycles. The summed E-state index contributed by atoms with van der Waals surface area (Å²) in [7, 11) is 0. The van der Waals surface area contributed by atoms with Crippen molar-refractivity contribution in [3.8, 4) is 5.75 Å². The lowest BCUT2D eigenvalue weighted by Gasteiger charge is -2.19. The highest BCUT2D eigenvalue weighted by atomic mass is 19.1. The molecule has 0 unspecified atom stereocenters. The van der Waals surface area contributed by atoms with Crippen LogP contribution in [-0.2, 0) is 4.74 Å². The molecule has 0 N–H and O–H groups in total. The standard InChI is InChI=1S/C12H16FNO4/c1-12(2,3)18-7-6-17-11-8-9(13)4-5-10(11)14(15)16/h4-5,8H,6-7H2,1-3H3. The van der Waals surface area contributed by atoms with E-state index < -0.39 is 10.7 Å². The lowest BCUT2D eigenvalue weighted by molar-refractivity contribution is -0.386. The number of nitro groups is 1. The van der Waals surface area contributed by atoms with E-state index in [1.54, 1.807) is 0 Å². The van der Waals surface area contributed by atoms with E-state index in [0.29, 0.717) is 0 Å². The van der Waals surface area contributed by atoms with Crippen molar-refractivity contribution in [3.05, 3.63) is 34.1 Å². The summed E-state index contributed by atoms with van der Waals surface area (Å²) in [5.41, 5.74) is -0.566. The van der Waals surface area contributed by atoms with Gasteiger partial charge in [-0.15, -0.1) is 0 Å². The van der Waals surface area contributed by atoms with Gasteiger partial charge in [-0.05, 0) is 26.8 Å². The maximum Gasteiger partial charge on any atom is 0.311 e. The zero-order valence-electron chi connectivity index (χ0n) is 10.6. The third kappa shape index (κ3) is 4.67. The predicted molar refractivity (Wildman–Crippen MR) is 64.3 cm³/mol. The number of nitro benzene ring substituents is 1. The van der Waals surface area contributed by atoms with Gasteiger partial charge >= 0.3 is 5.69 Å². The molecule has 0 radical (unpaired) electrons. The van der Waals surface area contributed by atoms with Crippen molar-refractivity contribution in [1.29, 1.82) is 0 Å². The molecule has 6 heteroatoms. The van der Waals surface area contributed by atoms with E-state index in [1.807, 2.05) is 20.8 Å². The number of hydrogen-bond donors (Lipinski definition) is 0. The van der Waals surface area contributed by atoms with Gasteiger partial charge in [-0.2, -0.15) is 0 Å². The Hall–Kier alpha value is -1.69. The second kappa shape index (κ2) is 5.77. The number of rotatable bonds is 5. The highest BCUT2D eigenvalue weighted by Crippen LogP contribution is 2.27. The van der Waals surface area contributed by atoms with Gasteiger partial charge in [-0.3, -0.25) is 10.1 Å². The molecule has 0 fully saturated rings. The van der Waals surface area contributed by atoms with Crippen LogP contribution in [0.15, 0.2) is 18.2 Å². The van der Waals surface area contributed by atoms with Crippen LogP contribution in [0.5, 0.6) is 5.75 Å². The highest BCUT2D eigenvalue weighted by molar-refractivity contribution is 5.46. The van der Waals surface area contributed by atoms with Crippen LogP contribution in [0.1, 0.15) is 20.8 Å². The first-order chi connectivity index (χ1) is 8.29. The van der Waals surface area contributed by atoms with Crippen LogP contribution >= 0.6 is 0 Å². The Bertz CT molecular complexity index is 429. The van der Waals surface area contributed by atoms with Crippen LogP contribution in [0.2, 0.25) is 0 Å². The Morgan fingerprint density at radius 2 is 2.00 bits per heavy atom. The monoisotopic (exact) mass is 257 g/mol. The molecule has 0 aliphatic carbocycles. The zero-order valence-corrected chi connectivity index (χ0v) is 10.6. The van der Waals surface area contributed by atoms with Crippen molar-refractivity contribution in [2.45, 2.75) is 26.4 Å². The average Bonchev–Trinajstić information content (AvgIpc) is 2.22. The molecule has 0 amide bonds. The van der Waals surface area contributed by atoms with E-state index in [1.165, 1.54) is 0 Å². The first-order valence-corrected chi connectivity index (χ1v) is 5.50. The fourth-order valence-corrected chi connectivity index (χ4v) is 1.25. The van der Waals surface area contributed by atoms with Crippen molar-refractivity contribution in [2.75, 3.05) is 13.2 Å². The Morgan fingerprint density at radius 3 is 2.56 bits per heavy atom. The van der Waals surface area contributed by atoms with Gasteiger partial charge in [0.15, 0.2) is 5.75 Å². The number of halogens is 1.